The van der Waals surface area contributed by atoms with Crippen molar-refractivity contribution >= 4 is 11.9 Å². The summed E-state index contributed by atoms with van der Waals surface area (Å²) in [4.78, 5) is 23.3. The minimum Gasteiger partial charge on any atom is -0.423 e. The summed E-state index contributed by atoms with van der Waals surface area (Å²) < 4.78 is 10.4. The summed E-state index contributed by atoms with van der Waals surface area (Å²) >= 11 is 0. The summed E-state index contributed by atoms with van der Waals surface area (Å²) in [6, 6.07) is 27.7. The van der Waals surface area contributed by atoms with Crippen molar-refractivity contribution < 1.29 is 19.1 Å². The molecule has 0 bridgehead atoms. The lowest BCUT2D eigenvalue weighted by molar-refractivity contribution is -0.130. The monoisotopic (exact) mass is 560 g/mol. The fraction of sp³-hybridized carbons (Fsp3) is 0.0769. The third-order valence-corrected chi connectivity index (χ3v) is 5.98. The number of ether oxygens (including phenoxy) is 2. The predicted molar refractivity (Wildman–Crippen MR) is 169 cm³/mol. The number of carbonyl (C=O) groups excluding carboxylic acids is 2. The molecule has 0 aliphatic heterocycles. The largest absolute Gasteiger partial charge is 0.423 e. The van der Waals surface area contributed by atoms with E-state index < -0.39 is 11.9 Å². The lowest BCUT2D eigenvalue weighted by Crippen LogP contribution is -2.07. The Labute approximate surface area is 252 Å². The van der Waals surface area contributed by atoms with E-state index in [2.05, 4.69) is 48.7 Å². The zero-order valence-corrected chi connectivity index (χ0v) is 24.2. The number of esters is 2. The highest BCUT2D eigenvalue weighted by molar-refractivity contribution is 5.89. The van der Waals surface area contributed by atoms with Crippen molar-refractivity contribution in [2.45, 2.75) is 20.8 Å². The van der Waals surface area contributed by atoms with E-state index in [4.69, 9.17) is 9.47 Å². The molecule has 0 spiro atoms. The molecule has 0 radical (unpaired) electrons. The number of hydrogen-bond donors (Lipinski definition) is 0. The molecule has 4 aromatic carbocycles. The first-order chi connectivity index (χ1) is 20.7. The molecular formula is C39H28O4. The van der Waals surface area contributed by atoms with Crippen LogP contribution >= 0.6 is 0 Å². The molecule has 0 atom stereocenters. The van der Waals surface area contributed by atoms with Crippen LogP contribution in [0.3, 0.4) is 0 Å². The Morgan fingerprint density at radius 3 is 1.21 bits per heavy atom. The molecule has 0 aromatic heterocycles. The lowest BCUT2D eigenvalue weighted by Gasteiger charge is -2.03. The molecule has 0 unspecified atom stereocenters. The van der Waals surface area contributed by atoms with Gasteiger partial charge in [-0.2, -0.15) is 0 Å². The van der Waals surface area contributed by atoms with Crippen LogP contribution in [0.4, 0.5) is 0 Å². The molecule has 4 aromatic rings. The zero-order valence-electron chi connectivity index (χ0n) is 24.2. The fourth-order valence-electron chi connectivity index (χ4n) is 3.55. The second-order valence-corrected chi connectivity index (χ2v) is 9.75. The van der Waals surface area contributed by atoms with Crippen LogP contribution in [0, 0.1) is 42.4 Å². The maximum atomic E-state index is 11.6. The van der Waals surface area contributed by atoms with E-state index in [0.717, 1.165) is 38.9 Å². The van der Waals surface area contributed by atoms with Crippen LogP contribution in [0.25, 0.3) is 0 Å². The van der Waals surface area contributed by atoms with E-state index in [-0.39, 0.29) is 0 Å². The van der Waals surface area contributed by atoms with Crippen molar-refractivity contribution in [3.05, 3.63) is 154 Å². The van der Waals surface area contributed by atoms with Crippen molar-refractivity contribution in [2.24, 2.45) is 0 Å². The number of carbonyl (C=O) groups is 2. The molecule has 43 heavy (non-hydrogen) atoms. The summed E-state index contributed by atoms with van der Waals surface area (Å²) in [5.74, 6) is 19.0. The van der Waals surface area contributed by atoms with E-state index in [9.17, 15) is 9.59 Å². The third kappa shape index (κ3) is 8.99. The first-order valence-electron chi connectivity index (χ1n) is 13.4. The van der Waals surface area contributed by atoms with Gasteiger partial charge in [-0.15, -0.1) is 0 Å². The highest BCUT2D eigenvalue weighted by Gasteiger charge is 2.05. The van der Waals surface area contributed by atoms with E-state index in [0.29, 0.717) is 22.6 Å². The van der Waals surface area contributed by atoms with E-state index in [1.807, 2.05) is 49.4 Å². The quantitative estimate of drug-likeness (QED) is 0.115. The Hall–Kier alpha value is -6.02. The van der Waals surface area contributed by atoms with Crippen LogP contribution in [0.15, 0.2) is 115 Å². The predicted octanol–water partition coefficient (Wildman–Crippen LogP) is 7.16. The van der Waals surface area contributed by atoms with Crippen molar-refractivity contribution in [3.8, 4) is 47.0 Å². The summed E-state index contributed by atoms with van der Waals surface area (Å²) in [7, 11) is 0. The molecular weight excluding hydrogens is 532 g/mol. The number of hydrogen-bond acceptors (Lipinski definition) is 4. The highest BCUT2D eigenvalue weighted by atomic mass is 16.5. The Morgan fingerprint density at radius 1 is 0.512 bits per heavy atom. The molecule has 0 saturated heterocycles. The zero-order chi connectivity index (χ0) is 30.8. The van der Waals surface area contributed by atoms with Crippen LogP contribution in [-0.4, -0.2) is 11.9 Å². The molecule has 0 fully saturated rings. The first kappa shape index (κ1) is 30.0. The van der Waals surface area contributed by atoms with Gasteiger partial charge in [0.2, 0.25) is 0 Å². The summed E-state index contributed by atoms with van der Waals surface area (Å²) in [6.45, 7) is 12.4. The van der Waals surface area contributed by atoms with Gasteiger partial charge in [-0.25, -0.2) is 9.59 Å². The molecule has 0 amide bonds. The Kier molecular flexibility index (Phi) is 9.79. The van der Waals surface area contributed by atoms with E-state index in [1.165, 1.54) is 0 Å². The lowest BCUT2D eigenvalue weighted by atomic mass is 10.0. The molecule has 0 heterocycles. The topological polar surface area (TPSA) is 52.6 Å². The average molecular weight is 561 g/mol. The van der Waals surface area contributed by atoms with Gasteiger partial charge in [0.1, 0.15) is 11.5 Å². The maximum Gasteiger partial charge on any atom is 0.338 e. The summed E-state index contributed by atoms with van der Waals surface area (Å²) in [5, 5.41) is 0. The van der Waals surface area contributed by atoms with Crippen molar-refractivity contribution in [2.75, 3.05) is 0 Å². The minimum absolute atomic E-state index is 0.345. The van der Waals surface area contributed by atoms with Crippen molar-refractivity contribution in [1.29, 1.82) is 0 Å². The Bertz CT molecular complexity index is 1890. The fourth-order valence-corrected chi connectivity index (χ4v) is 3.55. The number of aryl methyl sites for hydroxylation is 1. The second-order valence-electron chi connectivity index (χ2n) is 9.75. The third-order valence-electron chi connectivity index (χ3n) is 5.98. The Morgan fingerprint density at radius 2 is 0.837 bits per heavy atom. The molecule has 208 valence electrons. The molecule has 4 heteroatoms. The summed E-state index contributed by atoms with van der Waals surface area (Å²) in [5.41, 5.74) is 6.90. The molecule has 0 saturated carbocycles. The van der Waals surface area contributed by atoms with Crippen LogP contribution in [0.2, 0.25) is 0 Å². The van der Waals surface area contributed by atoms with Crippen molar-refractivity contribution in [1.82, 2.24) is 0 Å². The maximum absolute atomic E-state index is 11.6. The van der Waals surface area contributed by atoms with Gasteiger partial charge in [-0.3, -0.25) is 0 Å². The average Bonchev–Trinajstić information content (AvgIpc) is 3.00. The number of rotatable bonds is 4. The first-order valence-corrected chi connectivity index (χ1v) is 13.4. The van der Waals surface area contributed by atoms with Gasteiger partial charge >= 0.3 is 11.9 Å². The van der Waals surface area contributed by atoms with Gasteiger partial charge < -0.3 is 9.47 Å². The van der Waals surface area contributed by atoms with Crippen LogP contribution in [-0.2, 0) is 9.59 Å². The molecule has 4 rings (SSSR count). The molecule has 0 aliphatic rings. The second kappa shape index (κ2) is 14.0. The van der Waals surface area contributed by atoms with Crippen LogP contribution < -0.4 is 9.47 Å². The highest BCUT2D eigenvalue weighted by Crippen LogP contribution is 2.15. The molecule has 4 nitrogen and oxygen atoms in total. The normalized spacial score (nSPS) is 9.56. The number of benzene rings is 4. The minimum atomic E-state index is -0.454. The van der Waals surface area contributed by atoms with Gasteiger partial charge in [0, 0.05) is 44.5 Å². The van der Waals surface area contributed by atoms with Crippen LogP contribution in [0.1, 0.15) is 52.8 Å². The molecule has 0 N–H and O–H groups in total. The van der Waals surface area contributed by atoms with Gasteiger partial charge in [-0.05, 0) is 117 Å². The van der Waals surface area contributed by atoms with Crippen molar-refractivity contribution in [3.63, 3.8) is 0 Å². The molecule has 0 aliphatic carbocycles. The Balaban J connectivity index is 1.36. The smallest absolute Gasteiger partial charge is 0.338 e. The van der Waals surface area contributed by atoms with E-state index >= 15 is 0 Å². The van der Waals surface area contributed by atoms with Crippen LogP contribution in [0.5, 0.6) is 11.5 Å². The SMILES string of the molecule is C=C(C)C(=O)Oc1ccc(C#Cc2ccc(C#Cc3ccc(C#Cc4ccc(OC(=O)C(=C)C)cc4)cc3C)cc2)cc1. The van der Waals surface area contributed by atoms with Gasteiger partial charge in [0.15, 0.2) is 0 Å². The van der Waals surface area contributed by atoms with Gasteiger partial charge in [-0.1, -0.05) is 48.7 Å². The van der Waals surface area contributed by atoms with Gasteiger partial charge in [0.05, 0.1) is 0 Å². The standard InChI is InChI=1S/C39H28O4/c1-27(2)38(40)42-36-22-16-32(17-23-36)11-8-30-6-9-31(10-7-30)14-20-35-21-15-34(26-29(35)5)13-12-33-18-24-37(25-19-33)43-39(41)28(3)4/h6-7,9-10,15-19,21-26H,1,3H2,2,4-5H3. The summed E-state index contributed by atoms with van der Waals surface area (Å²) in [6.07, 6.45) is 0. The van der Waals surface area contributed by atoms with Gasteiger partial charge in [0.25, 0.3) is 0 Å². The van der Waals surface area contributed by atoms with E-state index in [1.54, 1.807) is 62.4 Å².